The van der Waals surface area contributed by atoms with Crippen molar-refractivity contribution in [2.24, 2.45) is 5.73 Å². The molecule has 0 unspecified atom stereocenters. The van der Waals surface area contributed by atoms with Crippen LogP contribution in [-0.4, -0.2) is 12.1 Å². The Morgan fingerprint density at radius 2 is 2.21 bits per heavy atom. The van der Waals surface area contributed by atoms with Gasteiger partial charge in [-0.3, -0.25) is 0 Å². The van der Waals surface area contributed by atoms with Crippen molar-refractivity contribution in [3.63, 3.8) is 0 Å². The lowest BCUT2D eigenvalue weighted by Crippen LogP contribution is -2.08. The quantitative estimate of drug-likeness (QED) is 0.817. The Bertz CT molecular complexity index is 331. The molecule has 0 aromatic carbocycles. The third-order valence-electron chi connectivity index (χ3n) is 1.75. The maximum absolute atomic E-state index is 13.3. The third-order valence-corrected chi connectivity index (χ3v) is 1.75. The monoisotopic (exact) mass is 206 g/mol. The number of nitrogens with zero attached hydrogens (tertiary/aromatic N) is 1. The van der Waals surface area contributed by atoms with Crippen molar-refractivity contribution in [1.29, 1.82) is 0 Å². The maximum Gasteiger partial charge on any atom is 0.265 e. The number of ether oxygens (including phenoxy) is 1. The summed E-state index contributed by atoms with van der Waals surface area (Å²) in [4.78, 5) is 3.39. The summed E-state index contributed by atoms with van der Waals surface area (Å²) in [5.41, 5.74) is 4.40. The molecule has 3 nitrogen and oxygen atoms in total. The Hall–Kier alpha value is -1.30. The van der Waals surface area contributed by atoms with Crippen molar-refractivity contribution in [2.45, 2.75) is 13.0 Å². The van der Waals surface area contributed by atoms with Crippen molar-refractivity contribution in [2.75, 3.05) is 7.11 Å². The summed E-state index contributed by atoms with van der Waals surface area (Å²) in [5, 5.41) is 0. The minimum absolute atomic E-state index is 0.258. The predicted molar refractivity (Wildman–Crippen MR) is 43.6 cm³/mol. The van der Waals surface area contributed by atoms with E-state index >= 15 is 0 Å². The molecule has 0 aliphatic rings. The molecule has 0 aliphatic heterocycles. The first-order chi connectivity index (χ1) is 6.61. The van der Waals surface area contributed by atoms with Gasteiger partial charge in [0.15, 0.2) is 5.82 Å². The fraction of sp³-hybridized carbons (Fsp3) is 0.375. The van der Waals surface area contributed by atoms with Crippen LogP contribution in [0.4, 0.5) is 13.2 Å². The molecule has 6 heteroatoms. The summed E-state index contributed by atoms with van der Waals surface area (Å²) >= 11 is 0. The number of hydrogen-bond donors (Lipinski definition) is 1. The van der Waals surface area contributed by atoms with Gasteiger partial charge in [0.2, 0.25) is 5.88 Å². The zero-order chi connectivity index (χ0) is 10.7. The highest BCUT2D eigenvalue weighted by atomic mass is 19.3. The van der Waals surface area contributed by atoms with Gasteiger partial charge < -0.3 is 10.5 Å². The van der Waals surface area contributed by atoms with E-state index in [9.17, 15) is 13.2 Å². The van der Waals surface area contributed by atoms with Crippen LogP contribution in [0.2, 0.25) is 0 Å². The summed E-state index contributed by atoms with van der Waals surface area (Å²) < 4.78 is 42.5. The third kappa shape index (κ3) is 1.79. The number of pyridine rings is 1. The second-order valence-corrected chi connectivity index (χ2v) is 2.52. The van der Waals surface area contributed by atoms with Crippen molar-refractivity contribution < 1.29 is 17.9 Å². The molecular formula is C8H9F3N2O. The van der Waals surface area contributed by atoms with E-state index < -0.39 is 17.8 Å². The van der Waals surface area contributed by atoms with Gasteiger partial charge in [0.05, 0.1) is 7.11 Å². The molecule has 14 heavy (non-hydrogen) atoms. The zero-order valence-corrected chi connectivity index (χ0v) is 7.43. The van der Waals surface area contributed by atoms with E-state index in [2.05, 4.69) is 9.72 Å². The number of alkyl halides is 2. The minimum atomic E-state index is -2.79. The summed E-state index contributed by atoms with van der Waals surface area (Å²) in [5.74, 6) is -1.25. The van der Waals surface area contributed by atoms with Crippen molar-refractivity contribution in [1.82, 2.24) is 4.98 Å². The molecule has 1 aromatic heterocycles. The molecule has 0 saturated heterocycles. The van der Waals surface area contributed by atoms with Crippen LogP contribution in [0.3, 0.4) is 0 Å². The minimum Gasteiger partial charge on any atom is -0.479 e. The predicted octanol–water partition coefficient (Wildman–Crippen LogP) is 1.63. The number of nitrogens with two attached hydrogens (primary N) is 1. The fourth-order valence-electron chi connectivity index (χ4n) is 1.06. The maximum atomic E-state index is 13.3. The topological polar surface area (TPSA) is 48.1 Å². The average Bonchev–Trinajstić information content (AvgIpc) is 2.17. The highest BCUT2D eigenvalue weighted by Gasteiger charge is 2.19. The van der Waals surface area contributed by atoms with Crippen LogP contribution in [0.15, 0.2) is 6.20 Å². The number of rotatable bonds is 3. The van der Waals surface area contributed by atoms with Crippen LogP contribution in [-0.2, 0) is 6.54 Å². The zero-order valence-electron chi connectivity index (χ0n) is 7.43. The lowest BCUT2D eigenvalue weighted by atomic mass is 10.1. The van der Waals surface area contributed by atoms with Crippen LogP contribution < -0.4 is 10.5 Å². The van der Waals surface area contributed by atoms with E-state index in [1.807, 2.05) is 0 Å². The molecule has 78 valence electrons. The van der Waals surface area contributed by atoms with Crippen LogP contribution >= 0.6 is 0 Å². The Balaban J connectivity index is 3.28. The Kier molecular flexibility index (Phi) is 3.29. The van der Waals surface area contributed by atoms with Gasteiger partial charge in [-0.15, -0.1) is 0 Å². The van der Waals surface area contributed by atoms with E-state index in [0.717, 1.165) is 6.20 Å². The summed E-state index contributed by atoms with van der Waals surface area (Å²) in [6.07, 6.45) is -1.92. The van der Waals surface area contributed by atoms with Gasteiger partial charge in [0, 0.05) is 23.9 Å². The van der Waals surface area contributed by atoms with Gasteiger partial charge in [-0.05, 0) is 0 Å². The van der Waals surface area contributed by atoms with Gasteiger partial charge in [-0.2, -0.15) is 0 Å². The highest BCUT2D eigenvalue weighted by molar-refractivity contribution is 5.32. The summed E-state index contributed by atoms with van der Waals surface area (Å²) in [7, 11) is 1.20. The number of methoxy groups -OCH3 is 1. The van der Waals surface area contributed by atoms with Crippen molar-refractivity contribution >= 4 is 0 Å². The largest absolute Gasteiger partial charge is 0.479 e. The molecule has 0 atom stereocenters. The van der Waals surface area contributed by atoms with E-state index in [4.69, 9.17) is 5.73 Å². The molecule has 1 heterocycles. The normalized spacial score (nSPS) is 10.7. The van der Waals surface area contributed by atoms with E-state index in [-0.39, 0.29) is 18.0 Å². The molecule has 1 aromatic rings. The van der Waals surface area contributed by atoms with Gasteiger partial charge >= 0.3 is 0 Å². The summed E-state index contributed by atoms with van der Waals surface area (Å²) in [6, 6.07) is 0. The van der Waals surface area contributed by atoms with Crippen LogP contribution in [0.5, 0.6) is 5.88 Å². The van der Waals surface area contributed by atoms with Gasteiger partial charge in [0.1, 0.15) is 0 Å². The summed E-state index contributed by atoms with van der Waals surface area (Å²) in [6.45, 7) is -0.315. The molecule has 0 fully saturated rings. The first-order valence-electron chi connectivity index (χ1n) is 3.81. The smallest absolute Gasteiger partial charge is 0.265 e. The van der Waals surface area contributed by atoms with Crippen LogP contribution in [0.1, 0.15) is 17.6 Å². The molecule has 1 rings (SSSR count). The Labute approximate surface area is 78.7 Å². The molecule has 0 amide bonds. The van der Waals surface area contributed by atoms with Crippen molar-refractivity contribution in [3.05, 3.63) is 23.1 Å². The standard InChI is InChI=1S/C8H9F3N2O/c1-14-8-6(9)4(2-12)5(3-13-8)7(10)11/h3,7H,2,12H2,1H3. The molecule has 0 saturated carbocycles. The molecule has 0 aliphatic carbocycles. The molecular weight excluding hydrogens is 197 g/mol. The van der Waals surface area contributed by atoms with E-state index in [1.54, 1.807) is 0 Å². The van der Waals surface area contributed by atoms with Crippen molar-refractivity contribution in [3.8, 4) is 5.88 Å². The molecule has 0 radical (unpaired) electrons. The fourth-order valence-corrected chi connectivity index (χ4v) is 1.06. The van der Waals surface area contributed by atoms with Gasteiger partial charge in [-0.25, -0.2) is 18.2 Å². The first-order valence-corrected chi connectivity index (χ1v) is 3.81. The van der Waals surface area contributed by atoms with Gasteiger partial charge in [-0.1, -0.05) is 0 Å². The SMILES string of the molecule is COc1ncc(C(F)F)c(CN)c1F. The second kappa shape index (κ2) is 4.28. The van der Waals surface area contributed by atoms with Crippen LogP contribution in [0.25, 0.3) is 0 Å². The molecule has 0 spiro atoms. The first kappa shape index (κ1) is 10.8. The molecule has 0 bridgehead atoms. The van der Waals surface area contributed by atoms with E-state index in [1.165, 1.54) is 7.11 Å². The lowest BCUT2D eigenvalue weighted by molar-refractivity contribution is 0.148. The Morgan fingerprint density at radius 1 is 1.57 bits per heavy atom. The molecule has 2 N–H and O–H groups in total. The number of hydrogen-bond acceptors (Lipinski definition) is 3. The average molecular weight is 206 g/mol. The Morgan fingerprint density at radius 3 is 2.64 bits per heavy atom. The van der Waals surface area contributed by atoms with E-state index in [0.29, 0.717) is 0 Å². The van der Waals surface area contributed by atoms with Gasteiger partial charge in [0.25, 0.3) is 6.43 Å². The second-order valence-electron chi connectivity index (χ2n) is 2.52. The number of aromatic nitrogens is 1. The lowest BCUT2D eigenvalue weighted by Gasteiger charge is -2.09. The number of halogens is 3. The van der Waals surface area contributed by atoms with Crippen LogP contribution in [0, 0.1) is 5.82 Å². The highest BCUT2D eigenvalue weighted by Crippen LogP contribution is 2.27.